The van der Waals surface area contributed by atoms with E-state index in [0.29, 0.717) is 43.5 Å². The molecule has 3 aliphatic rings. The van der Waals surface area contributed by atoms with E-state index >= 15 is 0 Å². The molecule has 2 aromatic heterocycles. The van der Waals surface area contributed by atoms with Gasteiger partial charge >= 0.3 is 6.09 Å². The van der Waals surface area contributed by atoms with Crippen molar-refractivity contribution in [3.8, 4) is 17.0 Å². The maximum atomic E-state index is 12.5. The first-order chi connectivity index (χ1) is 17.9. The van der Waals surface area contributed by atoms with Crippen LogP contribution in [0.3, 0.4) is 0 Å². The first-order valence-electron chi connectivity index (χ1n) is 12.7. The Kier molecular flexibility index (Phi) is 6.54. The first kappa shape index (κ1) is 24.6. The molecule has 0 N–H and O–H groups in total. The van der Waals surface area contributed by atoms with Crippen molar-refractivity contribution < 1.29 is 27.4 Å². The van der Waals surface area contributed by atoms with Crippen LogP contribution in [0.4, 0.5) is 4.79 Å². The number of nitrogens with zero attached hydrogens (tertiary/aromatic N) is 3. The standard InChI is InChI=1S/C26H29N3O6S2/c1-2-9-37(31,32)20-7-3-16(4-8-20)21-14-36-24-22(21)27-15-28-25(24)35-23-17-10-29(11-18(23)13-33-12-17)26(30)34-19-5-6-19/h3-4,7-8,14-15,17-19,23H,2,5-6,9-13H2,1H3. The summed E-state index contributed by atoms with van der Waals surface area (Å²) in [6.07, 6.45) is 3.71. The summed E-state index contributed by atoms with van der Waals surface area (Å²) in [4.78, 5) is 23.6. The third-order valence-corrected chi connectivity index (χ3v) is 10.0. The van der Waals surface area contributed by atoms with Crippen molar-refractivity contribution in [2.75, 3.05) is 32.1 Å². The molecule has 196 valence electrons. The van der Waals surface area contributed by atoms with Crippen molar-refractivity contribution >= 4 is 37.5 Å². The Labute approximate surface area is 219 Å². The van der Waals surface area contributed by atoms with Crippen LogP contribution in [0.5, 0.6) is 5.88 Å². The highest BCUT2D eigenvalue weighted by atomic mass is 32.2. The fourth-order valence-electron chi connectivity index (χ4n) is 5.12. The number of sulfone groups is 1. The van der Waals surface area contributed by atoms with Crippen LogP contribution in [0.25, 0.3) is 21.3 Å². The maximum Gasteiger partial charge on any atom is 0.410 e. The zero-order valence-electron chi connectivity index (χ0n) is 20.5. The number of aromatic nitrogens is 2. The van der Waals surface area contributed by atoms with Crippen LogP contribution in [0.2, 0.25) is 0 Å². The van der Waals surface area contributed by atoms with Gasteiger partial charge in [-0.2, -0.15) is 0 Å². The minimum atomic E-state index is -3.27. The summed E-state index contributed by atoms with van der Waals surface area (Å²) in [5, 5.41) is 2.00. The molecule has 9 nitrogen and oxygen atoms in total. The molecule has 0 radical (unpaired) electrons. The third kappa shape index (κ3) is 4.92. The van der Waals surface area contributed by atoms with Crippen LogP contribution < -0.4 is 4.74 Å². The van der Waals surface area contributed by atoms with E-state index in [1.54, 1.807) is 17.0 Å². The van der Waals surface area contributed by atoms with Crippen LogP contribution in [0.15, 0.2) is 40.9 Å². The van der Waals surface area contributed by atoms with Crippen LogP contribution in [0.1, 0.15) is 26.2 Å². The molecule has 3 fully saturated rings. The van der Waals surface area contributed by atoms with E-state index in [1.807, 2.05) is 24.4 Å². The number of likely N-dealkylation sites (tertiary alicyclic amines) is 1. The van der Waals surface area contributed by atoms with Gasteiger partial charge in [0.1, 0.15) is 23.2 Å². The van der Waals surface area contributed by atoms with Crippen molar-refractivity contribution in [1.82, 2.24) is 14.9 Å². The van der Waals surface area contributed by atoms with E-state index in [9.17, 15) is 13.2 Å². The van der Waals surface area contributed by atoms with Gasteiger partial charge in [-0.1, -0.05) is 19.1 Å². The van der Waals surface area contributed by atoms with E-state index < -0.39 is 9.84 Å². The molecule has 37 heavy (non-hydrogen) atoms. The van der Waals surface area contributed by atoms with Gasteiger partial charge in [0.05, 0.1) is 29.4 Å². The molecule has 11 heteroatoms. The Morgan fingerprint density at radius 3 is 2.54 bits per heavy atom. The normalized spacial score (nSPS) is 23.7. The number of carbonyl (C=O) groups excluding carboxylic acids is 1. The Morgan fingerprint density at radius 1 is 1.14 bits per heavy atom. The van der Waals surface area contributed by atoms with E-state index in [2.05, 4.69) is 9.97 Å². The zero-order valence-corrected chi connectivity index (χ0v) is 22.2. The quantitative estimate of drug-likeness (QED) is 0.437. The van der Waals surface area contributed by atoms with Crippen LogP contribution in [-0.4, -0.2) is 73.6 Å². The van der Waals surface area contributed by atoms with Gasteiger partial charge in [-0.3, -0.25) is 0 Å². The molecular weight excluding hydrogens is 514 g/mol. The molecule has 2 atom stereocenters. The molecule has 2 aliphatic heterocycles. The number of rotatable bonds is 7. The largest absolute Gasteiger partial charge is 0.472 e. The highest BCUT2D eigenvalue weighted by Gasteiger charge is 2.45. The van der Waals surface area contributed by atoms with E-state index in [1.165, 1.54) is 17.7 Å². The van der Waals surface area contributed by atoms with Crippen molar-refractivity contribution in [1.29, 1.82) is 0 Å². The van der Waals surface area contributed by atoms with Gasteiger partial charge in [-0.15, -0.1) is 11.3 Å². The van der Waals surface area contributed by atoms with Crippen molar-refractivity contribution in [3.05, 3.63) is 36.0 Å². The molecule has 2 unspecified atom stereocenters. The predicted molar refractivity (Wildman–Crippen MR) is 138 cm³/mol. The Hall–Kier alpha value is -2.76. The summed E-state index contributed by atoms with van der Waals surface area (Å²) in [6.45, 7) is 3.96. The molecule has 1 saturated carbocycles. The number of hydrogen-bond acceptors (Lipinski definition) is 9. The van der Waals surface area contributed by atoms with Crippen molar-refractivity contribution in [2.24, 2.45) is 11.8 Å². The zero-order chi connectivity index (χ0) is 25.6. The van der Waals surface area contributed by atoms with Gasteiger partial charge in [-0.25, -0.2) is 23.2 Å². The number of amides is 1. The molecule has 4 heterocycles. The molecular formula is C26H29N3O6S2. The molecule has 3 aromatic rings. The molecule has 6 rings (SSSR count). The highest BCUT2D eigenvalue weighted by Crippen LogP contribution is 2.39. The number of thiophene rings is 1. The topological polar surface area (TPSA) is 108 Å². The number of fused-ring (bicyclic) bond motifs is 3. The lowest BCUT2D eigenvalue weighted by atomic mass is 9.84. The third-order valence-electron chi connectivity index (χ3n) is 7.12. The summed E-state index contributed by atoms with van der Waals surface area (Å²) in [5.74, 6) is 0.719. The fraction of sp³-hybridized carbons (Fsp3) is 0.500. The number of piperidine rings is 1. The number of ether oxygens (including phenoxy) is 3. The highest BCUT2D eigenvalue weighted by molar-refractivity contribution is 7.91. The van der Waals surface area contributed by atoms with Crippen LogP contribution in [0, 0.1) is 11.8 Å². The molecule has 2 saturated heterocycles. The van der Waals surface area contributed by atoms with Crippen molar-refractivity contribution in [2.45, 2.75) is 43.3 Å². The van der Waals surface area contributed by atoms with E-state index in [0.717, 1.165) is 34.2 Å². The lowest BCUT2D eigenvalue weighted by molar-refractivity contribution is -0.109. The number of carbonyl (C=O) groups is 1. The second-order valence-electron chi connectivity index (χ2n) is 9.98. The average molecular weight is 544 g/mol. The minimum absolute atomic E-state index is 0.0290. The van der Waals surface area contributed by atoms with Gasteiger partial charge in [0.2, 0.25) is 5.88 Å². The van der Waals surface area contributed by atoms with E-state index in [-0.39, 0.29) is 35.9 Å². The summed E-state index contributed by atoms with van der Waals surface area (Å²) in [7, 11) is -3.27. The second kappa shape index (κ2) is 9.85. The molecule has 0 spiro atoms. The van der Waals surface area contributed by atoms with Crippen LogP contribution >= 0.6 is 11.3 Å². The van der Waals surface area contributed by atoms with Gasteiger partial charge < -0.3 is 19.1 Å². The predicted octanol–water partition coefficient (Wildman–Crippen LogP) is 4.17. The van der Waals surface area contributed by atoms with Gasteiger partial charge in [0.15, 0.2) is 9.84 Å². The van der Waals surface area contributed by atoms with Gasteiger partial charge in [0, 0.05) is 35.9 Å². The lowest BCUT2D eigenvalue weighted by Crippen LogP contribution is -2.58. The summed E-state index contributed by atoms with van der Waals surface area (Å²) in [5.41, 5.74) is 2.57. The summed E-state index contributed by atoms with van der Waals surface area (Å²) in [6, 6.07) is 6.97. The van der Waals surface area contributed by atoms with E-state index in [4.69, 9.17) is 14.2 Å². The lowest BCUT2D eigenvalue weighted by Gasteiger charge is -2.45. The minimum Gasteiger partial charge on any atom is -0.472 e. The number of benzene rings is 1. The number of hydrogen-bond donors (Lipinski definition) is 0. The first-order valence-corrected chi connectivity index (χ1v) is 15.2. The smallest absolute Gasteiger partial charge is 0.410 e. The Morgan fingerprint density at radius 2 is 1.86 bits per heavy atom. The molecule has 1 aromatic carbocycles. The monoisotopic (exact) mass is 543 g/mol. The fourth-order valence-corrected chi connectivity index (χ4v) is 7.40. The molecule has 1 amide bonds. The van der Waals surface area contributed by atoms with Crippen molar-refractivity contribution in [3.63, 3.8) is 0 Å². The summed E-state index contributed by atoms with van der Waals surface area (Å²) < 4.78 is 43.5. The SMILES string of the molecule is CCCS(=O)(=O)c1ccc(-c2csc3c(OC4C5COCC4CN(C(=O)OC4CC4)C5)ncnc23)cc1. The van der Waals surface area contributed by atoms with Gasteiger partial charge in [0.25, 0.3) is 0 Å². The molecule has 2 bridgehead atoms. The Bertz CT molecular complexity index is 1390. The second-order valence-corrected chi connectivity index (χ2v) is 13.0. The summed E-state index contributed by atoms with van der Waals surface area (Å²) >= 11 is 1.51. The maximum absolute atomic E-state index is 12.5. The molecule has 1 aliphatic carbocycles. The van der Waals surface area contributed by atoms with Crippen LogP contribution in [-0.2, 0) is 19.3 Å². The Balaban J connectivity index is 1.22. The average Bonchev–Trinajstić information content (AvgIpc) is 3.58. The van der Waals surface area contributed by atoms with Gasteiger partial charge in [-0.05, 0) is 37.0 Å².